The first-order valence-electron chi connectivity index (χ1n) is 5.14. The van der Waals surface area contributed by atoms with Crippen LogP contribution in [0.2, 0.25) is 5.02 Å². The molecule has 96 valence electrons. The molecule has 0 amide bonds. The summed E-state index contributed by atoms with van der Waals surface area (Å²) in [5, 5.41) is 0.182. The van der Waals surface area contributed by atoms with Gasteiger partial charge in [0.15, 0.2) is 5.89 Å². The van der Waals surface area contributed by atoms with E-state index in [0.29, 0.717) is 11.6 Å². The van der Waals surface area contributed by atoms with Gasteiger partial charge in [-0.25, -0.2) is 18.1 Å². The standard InChI is InChI=1S/C11H11ClN2O3S/c1-8-14-9(7-17-8)6-13-18(15,16)11-5-3-2-4-10(11)12/h2-5,7,13H,6H2,1H3. The molecule has 1 aromatic heterocycles. The molecule has 2 rings (SSSR count). The van der Waals surface area contributed by atoms with Crippen molar-refractivity contribution in [2.24, 2.45) is 0 Å². The molecule has 0 aliphatic heterocycles. The summed E-state index contributed by atoms with van der Waals surface area (Å²) in [6.07, 6.45) is 1.41. The van der Waals surface area contributed by atoms with Crippen LogP contribution in [0.25, 0.3) is 0 Å². The summed E-state index contributed by atoms with van der Waals surface area (Å²) in [5.41, 5.74) is 0.517. The zero-order chi connectivity index (χ0) is 13.2. The maximum atomic E-state index is 12.0. The van der Waals surface area contributed by atoms with Gasteiger partial charge in [-0.3, -0.25) is 0 Å². The lowest BCUT2D eigenvalue weighted by Gasteiger charge is -2.06. The van der Waals surface area contributed by atoms with E-state index in [0.717, 1.165) is 0 Å². The van der Waals surface area contributed by atoms with Crippen molar-refractivity contribution in [3.8, 4) is 0 Å². The fourth-order valence-corrected chi connectivity index (χ4v) is 2.92. The van der Waals surface area contributed by atoms with Crippen molar-refractivity contribution >= 4 is 21.6 Å². The average molecular weight is 287 g/mol. The minimum Gasteiger partial charge on any atom is -0.449 e. The Morgan fingerprint density at radius 2 is 2.11 bits per heavy atom. The molecule has 18 heavy (non-hydrogen) atoms. The van der Waals surface area contributed by atoms with Gasteiger partial charge < -0.3 is 4.42 Å². The molecule has 0 bridgehead atoms. The first-order valence-corrected chi connectivity index (χ1v) is 7.00. The minimum absolute atomic E-state index is 0.0480. The van der Waals surface area contributed by atoms with Crippen LogP contribution in [-0.4, -0.2) is 13.4 Å². The van der Waals surface area contributed by atoms with E-state index in [1.165, 1.54) is 18.4 Å². The van der Waals surface area contributed by atoms with Crippen LogP contribution < -0.4 is 4.72 Å². The van der Waals surface area contributed by atoms with Crippen LogP contribution in [0.3, 0.4) is 0 Å². The number of hydrogen-bond acceptors (Lipinski definition) is 4. The van der Waals surface area contributed by atoms with Crippen molar-refractivity contribution in [3.63, 3.8) is 0 Å². The smallest absolute Gasteiger partial charge is 0.242 e. The molecular formula is C11H11ClN2O3S. The fourth-order valence-electron chi connectivity index (χ4n) is 1.40. The first kappa shape index (κ1) is 13.1. The van der Waals surface area contributed by atoms with Crippen molar-refractivity contribution in [2.45, 2.75) is 18.4 Å². The lowest BCUT2D eigenvalue weighted by Crippen LogP contribution is -2.23. The van der Waals surface area contributed by atoms with Gasteiger partial charge in [0.25, 0.3) is 0 Å². The number of nitrogens with zero attached hydrogens (tertiary/aromatic N) is 1. The third-order valence-corrected chi connectivity index (χ3v) is 4.14. The van der Waals surface area contributed by atoms with E-state index in [1.54, 1.807) is 19.1 Å². The van der Waals surface area contributed by atoms with E-state index >= 15 is 0 Å². The van der Waals surface area contributed by atoms with Crippen molar-refractivity contribution in [1.29, 1.82) is 0 Å². The summed E-state index contributed by atoms with van der Waals surface area (Å²) < 4.78 is 31.4. The SMILES string of the molecule is Cc1nc(CNS(=O)(=O)c2ccccc2Cl)co1. The molecule has 1 aromatic carbocycles. The molecule has 0 unspecified atom stereocenters. The molecule has 0 saturated carbocycles. The number of aromatic nitrogens is 1. The average Bonchev–Trinajstić information content (AvgIpc) is 2.73. The number of aryl methyl sites for hydroxylation is 1. The second-order valence-electron chi connectivity index (χ2n) is 3.61. The van der Waals surface area contributed by atoms with Gasteiger partial charge in [-0.05, 0) is 12.1 Å². The van der Waals surface area contributed by atoms with E-state index in [2.05, 4.69) is 9.71 Å². The number of sulfonamides is 1. The molecule has 0 spiro atoms. The monoisotopic (exact) mass is 286 g/mol. The molecular weight excluding hydrogens is 276 g/mol. The molecule has 0 atom stereocenters. The largest absolute Gasteiger partial charge is 0.449 e. The van der Waals surface area contributed by atoms with Crippen LogP contribution >= 0.6 is 11.6 Å². The molecule has 0 aliphatic carbocycles. The van der Waals surface area contributed by atoms with Crippen molar-refractivity contribution < 1.29 is 12.8 Å². The number of halogens is 1. The zero-order valence-corrected chi connectivity index (χ0v) is 11.1. The Bertz CT molecular complexity index is 652. The van der Waals surface area contributed by atoms with Gasteiger partial charge >= 0.3 is 0 Å². The lowest BCUT2D eigenvalue weighted by atomic mass is 10.4. The van der Waals surface area contributed by atoms with Crippen molar-refractivity contribution in [3.05, 3.63) is 47.1 Å². The topological polar surface area (TPSA) is 72.2 Å². The predicted molar refractivity (Wildman–Crippen MR) is 66.7 cm³/mol. The van der Waals surface area contributed by atoms with Gasteiger partial charge in [0, 0.05) is 6.92 Å². The highest BCUT2D eigenvalue weighted by Crippen LogP contribution is 2.20. The van der Waals surface area contributed by atoms with Crippen LogP contribution in [0.15, 0.2) is 39.8 Å². The summed E-state index contributed by atoms with van der Waals surface area (Å²) in [7, 11) is -3.64. The summed E-state index contributed by atoms with van der Waals surface area (Å²) in [6, 6.07) is 6.25. The Morgan fingerprint density at radius 3 is 2.72 bits per heavy atom. The number of rotatable bonds is 4. The highest BCUT2D eigenvalue weighted by molar-refractivity contribution is 7.89. The number of nitrogens with one attached hydrogen (secondary N) is 1. The van der Waals surface area contributed by atoms with Crippen LogP contribution in [0.4, 0.5) is 0 Å². The molecule has 0 saturated heterocycles. The van der Waals surface area contributed by atoms with Crippen LogP contribution in [0, 0.1) is 6.92 Å². The van der Waals surface area contributed by atoms with E-state index in [9.17, 15) is 8.42 Å². The molecule has 0 radical (unpaired) electrons. The van der Waals surface area contributed by atoms with Gasteiger partial charge in [-0.1, -0.05) is 23.7 Å². The Balaban J connectivity index is 2.16. The van der Waals surface area contributed by atoms with E-state index in [-0.39, 0.29) is 16.5 Å². The van der Waals surface area contributed by atoms with Crippen LogP contribution in [0.1, 0.15) is 11.6 Å². The Morgan fingerprint density at radius 1 is 1.39 bits per heavy atom. The number of oxazole rings is 1. The maximum absolute atomic E-state index is 12.0. The zero-order valence-electron chi connectivity index (χ0n) is 9.55. The molecule has 7 heteroatoms. The van der Waals surface area contributed by atoms with Crippen molar-refractivity contribution in [2.75, 3.05) is 0 Å². The second kappa shape index (κ2) is 5.09. The van der Waals surface area contributed by atoms with Gasteiger partial charge in [0.1, 0.15) is 11.2 Å². The predicted octanol–water partition coefficient (Wildman–Crippen LogP) is 2.11. The third-order valence-electron chi connectivity index (χ3n) is 2.24. The van der Waals surface area contributed by atoms with E-state index < -0.39 is 10.0 Å². The third kappa shape index (κ3) is 2.90. The molecule has 2 aromatic rings. The Kier molecular flexibility index (Phi) is 3.70. The Hall–Kier alpha value is -1.37. The van der Waals surface area contributed by atoms with Gasteiger partial charge in [0.2, 0.25) is 10.0 Å². The van der Waals surface area contributed by atoms with Gasteiger partial charge in [0.05, 0.1) is 17.3 Å². The highest BCUT2D eigenvalue weighted by Gasteiger charge is 2.17. The van der Waals surface area contributed by atoms with E-state index in [4.69, 9.17) is 16.0 Å². The molecule has 1 N–H and O–H groups in total. The maximum Gasteiger partial charge on any atom is 0.242 e. The normalized spacial score (nSPS) is 11.7. The lowest BCUT2D eigenvalue weighted by molar-refractivity contribution is 0.520. The second-order valence-corrected chi connectivity index (χ2v) is 5.76. The summed E-state index contributed by atoms with van der Waals surface area (Å²) in [5.74, 6) is 0.488. The Labute approximate surface area is 110 Å². The minimum atomic E-state index is -3.64. The molecule has 1 heterocycles. The quantitative estimate of drug-likeness (QED) is 0.934. The summed E-state index contributed by atoms with van der Waals surface area (Å²) in [4.78, 5) is 4.05. The molecule has 0 fully saturated rings. The van der Waals surface area contributed by atoms with Gasteiger partial charge in [-0.15, -0.1) is 0 Å². The fraction of sp³-hybridized carbons (Fsp3) is 0.182. The number of hydrogen-bond donors (Lipinski definition) is 1. The summed E-state index contributed by atoms with van der Waals surface area (Å²) >= 11 is 5.84. The van der Waals surface area contributed by atoms with E-state index in [1.807, 2.05) is 0 Å². The highest BCUT2D eigenvalue weighted by atomic mass is 35.5. The van der Waals surface area contributed by atoms with Gasteiger partial charge in [-0.2, -0.15) is 0 Å². The first-order chi connectivity index (χ1) is 8.49. The van der Waals surface area contributed by atoms with Crippen molar-refractivity contribution in [1.82, 2.24) is 9.71 Å². The molecule has 0 aliphatic rings. The molecule has 5 nitrogen and oxygen atoms in total. The number of benzene rings is 1. The summed E-state index contributed by atoms with van der Waals surface area (Å²) in [6.45, 7) is 1.75. The van der Waals surface area contributed by atoms with Crippen LogP contribution in [-0.2, 0) is 16.6 Å². The van der Waals surface area contributed by atoms with Crippen LogP contribution in [0.5, 0.6) is 0 Å².